The second kappa shape index (κ2) is 5.86. The number of carbonyl (C=O) groups is 1. The standard InChI is InChI=1S/C12H6BrCl2FN2O/c13-6-1-2-9(16)10(3-6)18-12(19)7-4-11(15)17-5-8(7)14/h1-5H,(H,18,19). The minimum atomic E-state index is -0.564. The lowest BCUT2D eigenvalue weighted by Crippen LogP contribution is -2.13. The second-order valence-electron chi connectivity index (χ2n) is 3.57. The number of rotatable bonds is 2. The third-order valence-corrected chi connectivity index (χ3v) is 3.24. The topological polar surface area (TPSA) is 42.0 Å². The van der Waals surface area contributed by atoms with Gasteiger partial charge in [-0.2, -0.15) is 0 Å². The summed E-state index contributed by atoms with van der Waals surface area (Å²) in [7, 11) is 0. The molecule has 1 heterocycles. The lowest BCUT2D eigenvalue weighted by Gasteiger charge is -2.08. The number of hydrogen-bond donors (Lipinski definition) is 1. The van der Waals surface area contributed by atoms with Gasteiger partial charge in [0.2, 0.25) is 0 Å². The highest BCUT2D eigenvalue weighted by Crippen LogP contribution is 2.23. The molecule has 1 N–H and O–H groups in total. The van der Waals surface area contributed by atoms with E-state index in [0.717, 1.165) is 0 Å². The van der Waals surface area contributed by atoms with Crippen LogP contribution in [0, 0.1) is 5.82 Å². The number of hydrogen-bond acceptors (Lipinski definition) is 2. The fraction of sp³-hybridized carbons (Fsp3) is 0. The average molecular weight is 364 g/mol. The van der Waals surface area contributed by atoms with Crippen molar-refractivity contribution in [2.24, 2.45) is 0 Å². The van der Waals surface area contributed by atoms with Gasteiger partial charge < -0.3 is 5.32 Å². The summed E-state index contributed by atoms with van der Waals surface area (Å²) >= 11 is 14.7. The zero-order valence-corrected chi connectivity index (χ0v) is 12.4. The molecule has 19 heavy (non-hydrogen) atoms. The first-order chi connectivity index (χ1) is 8.97. The summed E-state index contributed by atoms with van der Waals surface area (Å²) in [6.07, 6.45) is 1.26. The predicted molar refractivity (Wildman–Crippen MR) is 76.3 cm³/mol. The van der Waals surface area contributed by atoms with E-state index in [1.165, 1.54) is 30.5 Å². The lowest BCUT2D eigenvalue weighted by atomic mass is 10.2. The molecule has 7 heteroatoms. The molecule has 0 unspecified atom stereocenters. The molecule has 0 aliphatic heterocycles. The molecule has 0 fully saturated rings. The zero-order chi connectivity index (χ0) is 14.0. The van der Waals surface area contributed by atoms with Crippen LogP contribution in [0.3, 0.4) is 0 Å². The molecule has 0 aliphatic rings. The Morgan fingerprint density at radius 3 is 2.79 bits per heavy atom. The molecule has 1 aromatic heterocycles. The molecule has 2 aromatic rings. The first kappa shape index (κ1) is 14.2. The van der Waals surface area contributed by atoms with E-state index >= 15 is 0 Å². The molecular formula is C12H6BrCl2FN2O. The maximum atomic E-state index is 13.5. The van der Waals surface area contributed by atoms with E-state index in [1.54, 1.807) is 0 Å². The third-order valence-electron chi connectivity index (χ3n) is 2.24. The van der Waals surface area contributed by atoms with Gasteiger partial charge in [0.15, 0.2) is 0 Å². The van der Waals surface area contributed by atoms with Crippen LogP contribution < -0.4 is 5.32 Å². The van der Waals surface area contributed by atoms with Crippen LogP contribution in [0.2, 0.25) is 10.2 Å². The smallest absolute Gasteiger partial charge is 0.257 e. The highest BCUT2D eigenvalue weighted by atomic mass is 79.9. The number of carbonyl (C=O) groups excluding carboxylic acids is 1. The molecule has 98 valence electrons. The van der Waals surface area contributed by atoms with Crippen LogP contribution in [0.25, 0.3) is 0 Å². The van der Waals surface area contributed by atoms with Gasteiger partial charge in [0, 0.05) is 10.7 Å². The quantitative estimate of drug-likeness (QED) is 0.795. The van der Waals surface area contributed by atoms with Crippen LogP contribution in [0.15, 0.2) is 34.9 Å². The number of pyridine rings is 1. The van der Waals surface area contributed by atoms with E-state index in [2.05, 4.69) is 26.2 Å². The summed E-state index contributed by atoms with van der Waals surface area (Å²) in [5.74, 6) is -1.11. The number of halogens is 4. The summed E-state index contributed by atoms with van der Waals surface area (Å²) < 4.78 is 14.2. The fourth-order valence-electron chi connectivity index (χ4n) is 1.37. The Morgan fingerprint density at radius 1 is 1.32 bits per heavy atom. The first-order valence-electron chi connectivity index (χ1n) is 5.05. The first-order valence-corrected chi connectivity index (χ1v) is 6.59. The Balaban J connectivity index is 2.30. The van der Waals surface area contributed by atoms with Crippen molar-refractivity contribution in [3.05, 3.63) is 56.5 Å². The van der Waals surface area contributed by atoms with E-state index < -0.39 is 11.7 Å². The maximum absolute atomic E-state index is 13.5. The molecule has 0 bridgehead atoms. The van der Waals surface area contributed by atoms with Crippen LogP contribution >= 0.6 is 39.1 Å². The van der Waals surface area contributed by atoms with Crippen molar-refractivity contribution in [3.63, 3.8) is 0 Å². The van der Waals surface area contributed by atoms with Gasteiger partial charge in [-0.05, 0) is 24.3 Å². The zero-order valence-electron chi connectivity index (χ0n) is 9.25. The van der Waals surface area contributed by atoms with Crippen molar-refractivity contribution in [2.75, 3.05) is 5.32 Å². The van der Waals surface area contributed by atoms with E-state index in [1.807, 2.05) is 0 Å². The maximum Gasteiger partial charge on any atom is 0.257 e. The van der Waals surface area contributed by atoms with Crippen molar-refractivity contribution in [3.8, 4) is 0 Å². The Bertz CT molecular complexity index is 652. The SMILES string of the molecule is O=C(Nc1cc(Br)ccc1F)c1cc(Cl)ncc1Cl. The highest BCUT2D eigenvalue weighted by Gasteiger charge is 2.14. The van der Waals surface area contributed by atoms with E-state index in [9.17, 15) is 9.18 Å². The fourth-order valence-corrected chi connectivity index (χ4v) is 2.08. The third kappa shape index (κ3) is 3.43. The summed E-state index contributed by atoms with van der Waals surface area (Å²) in [5.41, 5.74) is 0.171. The number of amides is 1. The van der Waals surface area contributed by atoms with Crippen LogP contribution in [0.1, 0.15) is 10.4 Å². The number of anilines is 1. The molecule has 0 aliphatic carbocycles. The Labute approximate surface area is 126 Å². The Hall–Kier alpha value is -1.17. The van der Waals surface area contributed by atoms with Crippen molar-refractivity contribution in [2.45, 2.75) is 0 Å². The molecule has 1 amide bonds. The minimum Gasteiger partial charge on any atom is -0.319 e. The predicted octanol–water partition coefficient (Wildman–Crippen LogP) is 4.54. The van der Waals surface area contributed by atoms with Crippen molar-refractivity contribution < 1.29 is 9.18 Å². The molecule has 2 rings (SSSR count). The van der Waals surface area contributed by atoms with Gasteiger partial charge in [-0.15, -0.1) is 0 Å². The summed E-state index contributed by atoms with van der Waals surface area (Å²) in [4.78, 5) is 15.7. The number of aromatic nitrogens is 1. The van der Waals surface area contributed by atoms with Gasteiger partial charge in [0.1, 0.15) is 11.0 Å². The van der Waals surface area contributed by atoms with Crippen LogP contribution in [-0.2, 0) is 0 Å². The van der Waals surface area contributed by atoms with Crippen molar-refractivity contribution in [1.29, 1.82) is 0 Å². The van der Waals surface area contributed by atoms with Gasteiger partial charge >= 0.3 is 0 Å². The number of nitrogens with one attached hydrogen (secondary N) is 1. The van der Waals surface area contributed by atoms with Gasteiger partial charge in [-0.25, -0.2) is 9.37 Å². The van der Waals surface area contributed by atoms with E-state index in [0.29, 0.717) is 4.47 Å². The summed E-state index contributed by atoms with van der Waals surface area (Å²) in [6.45, 7) is 0. The Kier molecular flexibility index (Phi) is 4.39. The average Bonchev–Trinajstić information content (AvgIpc) is 2.36. The number of nitrogens with zero attached hydrogens (tertiary/aromatic N) is 1. The highest BCUT2D eigenvalue weighted by molar-refractivity contribution is 9.10. The van der Waals surface area contributed by atoms with E-state index in [4.69, 9.17) is 23.2 Å². The van der Waals surface area contributed by atoms with E-state index in [-0.39, 0.29) is 21.4 Å². The minimum absolute atomic E-state index is 0.0448. The Morgan fingerprint density at radius 2 is 2.05 bits per heavy atom. The summed E-state index contributed by atoms with van der Waals surface area (Å²) in [6, 6.07) is 5.53. The molecule has 1 aromatic carbocycles. The summed E-state index contributed by atoms with van der Waals surface area (Å²) in [5, 5.41) is 2.69. The second-order valence-corrected chi connectivity index (χ2v) is 5.28. The van der Waals surface area contributed by atoms with Crippen LogP contribution in [0.5, 0.6) is 0 Å². The van der Waals surface area contributed by atoms with Gasteiger partial charge in [-0.1, -0.05) is 39.1 Å². The van der Waals surface area contributed by atoms with Gasteiger partial charge in [0.05, 0.1) is 16.3 Å². The molecule has 0 saturated heterocycles. The largest absolute Gasteiger partial charge is 0.319 e. The van der Waals surface area contributed by atoms with Crippen LogP contribution in [-0.4, -0.2) is 10.9 Å². The lowest BCUT2D eigenvalue weighted by molar-refractivity contribution is 0.102. The van der Waals surface area contributed by atoms with Crippen molar-refractivity contribution in [1.82, 2.24) is 4.98 Å². The molecule has 0 radical (unpaired) electrons. The normalized spacial score (nSPS) is 10.3. The molecule has 0 saturated carbocycles. The van der Waals surface area contributed by atoms with Gasteiger partial charge in [-0.3, -0.25) is 4.79 Å². The van der Waals surface area contributed by atoms with Gasteiger partial charge in [0.25, 0.3) is 5.91 Å². The van der Waals surface area contributed by atoms with Crippen LogP contribution in [0.4, 0.5) is 10.1 Å². The van der Waals surface area contributed by atoms with Crippen molar-refractivity contribution >= 4 is 50.7 Å². The molecule has 3 nitrogen and oxygen atoms in total. The molecule has 0 spiro atoms. The molecule has 0 atom stereocenters. The molecular weight excluding hydrogens is 358 g/mol. The number of benzene rings is 1. The monoisotopic (exact) mass is 362 g/mol.